The first-order chi connectivity index (χ1) is 8.92. The number of barbiturate groups is 1. The maximum Gasteiger partial charge on any atom is 0.331 e. The third-order valence-electron chi connectivity index (χ3n) is 3.35. The molecule has 0 aromatic rings. The normalized spacial score (nSPS) is 18.3. The maximum atomic E-state index is 12.3. The molecule has 0 bridgehead atoms. The summed E-state index contributed by atoms with van der Waals surface area (Å²) < 4.78 is 4.71. The van der Waals surface area contributed by atoms with Crippen molar-refractivity contribution in [1.82, 2.24) is 10.2 Å². The van der Waals surface area contributed by atoms with E-state index >= 15 is 0 Å². The van der Waals surface area contributed by atoms with Crippen molar-refractivity contribution in [3.8, 4) is 0 Å². The van der Waals surface area contributed by atoms with Gasteiger partial charge in [-0.05, 0) is 19.8 Å². The largest absolute Gasteiger partial charge is 0.465 e. The van der Waals surface area contributed by atoms with Crippen LogP contribution in [0, 0.1) is 5.41 Å². The van der Waals surface area contributed by atoms with Gasteiger partial charge in [-0.2, -0.15) is 0 Å². The van der Waals surface area contributed by atoms with Gasteiger partial charge in [0.2, 0.25) is 11.8 Å². The van der Waals surface area contributed by atoms with Crippen LogP contribution in [0.15, 0.2) is 0 Å². The molecule has 7 nitrogen and oxygen atoms in total. The highest BCUT2D eigenvalue weighted by Crippen LogP contribution is 2.32. The predicted molar refractivity (Wildman–Crippen MR) is 64.9 cm³/mol. The van der Waals surface area contributed by atoms with E-state index in [0.29, 0.717) is 0 Å². The van der Waals surface area contributed by atoms with Crippen LogP contribution < -0.4 is 5.32 Å². The number of carbonyl (C=O) groups excluding carboxylic acids is 4. The molecule has 1 aliphatic rings. The van der Waals surface area contributed by atoms with Crippen molar-refractivity contribution < 1.29 is 23.9 Å². The molecule has 0 saturated carbocycles. The molecule has 19 heavy (non-hydrogen) atoms. The number of ether oxygens (including phenoxy) is 1. The van der Waals surface area contributed by atoms with Gasteiger partial charge in [-0.15, -0.1) is 0 Å². The second-order valence-electron chi connectivity index (χ2n) is 4.24. The minimum atomic E-state index is -1.28. The highest BCUT2D eigenvalue weighted by Gasteiger charge is 2.51. The van der Waals surface area contributed by atoms with Crippen molar-refractivity contribution in [3.63, 3.8) is 0 Å². The van der Waals surface area contributed by atoms with Gasteiger partial charge >= 0.3 is 12.0 Å². The Hall–Kier alpha value is -1.92. The Balaban J connectivity index is 2.99. The molecule has 0 atom stereocenters. The van der Waals surface area contributed by atoms with Crippen LogP contribution in [-0.2, 0) is 19.1 Å². The highest BCUT2D eigenvalue weighted by molar-refractivity contribution is 6.19. The predicted octanol–water partition coefficient (Wildman–Crippen LogP) is 0.434. The van der Waals surface area contributed by atoms with E-state index in [1.807, 2.05) is 0 Å². The summed E-state index contributed by atoms with van der Waals surface area (Å²) in [4.78, 5) is 47.9. The van der Waals surface area contributed by atoms with Crippen molar-refractivity contribution in [1.29, 1.82) is 0 Å². The van der Waals surface area contributed by atoms with Gasteiger partial charge in [0.25, 0.3) is 0 Å². The number of imide groups is 2. The van der Waals surface area contributed by atoms with Gasteiger partial charge in [-0.1, -0.05) is 13.8 Å². The second-order valence-corrected chi connectivity index (χ2v) is 4.24. The van der Waals surface area contributed by atoms with Gasteiger partial charge in [-0.3, -0.25) is 24.6 Å². The van der Waals surface area contributed by atoms with Gasteiger partial charge in [0.1, 0.15) is 12.0 Å². The van der Waals surface area contributed by atoms with Crippen molar-refractivity contribution in [2.24, 2.45) is 5.41 Å². The Bertz CT molecular complexity index is 414. The first-order valence-corrected chi connectivity index (χ1v) is 6.25. The summed E-state index contributed by atoms with van der Waals surface area (Å²) in [6.07, 6.45) is 0.529. The van der Waals surface area contributed by atoms with Gasteiger partial charge in [0.15, 0.2) is 0 Å². The van der Waals surface area contributed by atoms with Crippen molar-refractivity contribution in [3.05, 3.63) is 0 Å². The fourth-order valence-corrected chi connectivity index (χ4v) is 2.08. The van der Waals surface area contributed by atoms with Crippen LogP contribution in [0.25, 0.3) is 0 Å². The first kappa shape index (κ1) is 15.1. The van der Waals surface area contributed by atoms with Crippen molar-refractivity contribution in [2.75, 3.05) is 13.2 Å². The molecule has 1 N–H and O–H groups in total. The molecule has 4 amide bonds. The highest BCUT2D eigenvalue weighted by atomic mass is 16.5. The van der Waals surface area contributed by atoms with Crippen molar-refractivity contribution in [2.45, 2.75) is 33.6 Å². The summed E-state index contributed by atoms with van der Waals surface area (Å²) in [7, 11) is 0. The lowest BCUT2D eigenvalue weighted by molar-refractivity contribution is -0.157. The van der Waals surface area contributed by atoms with Gasteiger partial charge < -0.3 is 4.74 Å². The molecule has 1 rings (SSSR count). The number of rotatable bonds is 5. The maximum absolute atomic E-state index is 12.3. The number of hydrogen-bond donors (Lipinski definition) is 1. The number of nitrogens with one attached hydrogen (secondary N) is 1. The molecule has 1 heterocycles. The summed E-state index contributed by atoms with van der Waals surface area (Å²) in [5, 5.41) is 2.12. The van der Waals surface area contributed by atoms with Crippen LogP contribution in [0.1, 0.15) is 33.6 Å². The lowest BCUT2D eigenvalue weighted by Crippen LogP contribution is -2.64. The lowest BCUT2D eigenvalue weighted by atomic mass is 9.78. The Labute approximate surface area is 111 Å². The standard InChI is InChI=1S/C12H18N2O5/c1-4-12(5-2)9(16)13-11(18)14(10(12)17)7-8(15)19-6-3/h4-7H2,1-3H3,(H,13,16,18). The van der Waals surface area contributed by atoms with E-state index < -0.39 is 35.8 Å². The number of nitrogens with zero attached hydrogens (tertiary/aromatic N) is 1. The van der Waals surface area contributed by atoms with E-state index in [1.54, 1.807) is 20.8 Å². The van der Waals surface area contributed by atoms with E-state index in [9.17, 15) is 19.2 Å². The topological polar surface area (TPSA) is 92.8 Å². The molecular formula is C12H18N2O5. The fraction of sp³-hybridized carbons (Fsp3) is 0.667. The van der Waals surface area contributed by atoms with E-state index in [0.717, 1.165) is 4.90 Å². The van der Waals surface area contributed by atoms with Crippen LogP contribution in [0.3, 0.4) is 0 Å². The van der Waals surface area contributed by atoms with Crippen LogP contribution >= 0.6 is 0 Å². The molecule has 0 aliphatic carbocycles. The first-order valence-electron chi connectivity index (χ1n) is 6.25. The zero-order chi connectivity index (χ0) is 14.6. The number of amides is 4. The van der Waals surface area contributed by atoms with Crippen LogP contribution in [0.2, 0.25) is 0 Å². The molecule has 1 fully saturated rings. The molecule has 0 radical (unpaired) electrons. The molecule has 1 saturated heterocycles. The molecule has 0 aromatic heterocycles. The molecule has 0 aromatic carbocycles. The van der Waals surface area contributed by atoms with E-state index in [-0.39, 0.29) is 19.4 Å². The zero-order valence-electron chi connectivity index (χ0n) is 11.3. The monoisotopic (exact) mass is 270 g/mol. The molecule has 0 unspecified atom stereocenters. The summed E-state index contributed by atoms with van der Waals surface area (Å²) in [6.45, 7) is 4.70. The van der Waals surface area contributed by atoms with Crippen LogP contribution in [-0.4, -0.2) is 41.9 Å². The third-order valence-corrected chi connectivity index (χ3v) is 3.35. The SMILES string of the molecule is CCOC(=O)CN1C(=O)NC(=O)C(CC)(CC)C1=O. The Morgan fingerprint density at radius 3 is 2.26 bits per heavy atom. The molecule has 1 aliphatic heterocycles. The van der Waals surface area contributed by atoms with E-state index in [4.69, 9.17) is 4.74 Å². The smallest absolute Gasteiger partial charge is 0.331 e. The van der Waals surface area contributed by atoms with E-state index in [2.05, 4.69) is 5.32 Å². The van der Waals surface area contributed by atoms with Crippen LogP contribution in [0.4, 0.5) is 4.79 Å². The number of urea groups is 1. The Morgan fingerprint density at radius 2 is 1.79 bits per heavy atom. The summed E-state index contributed by atoms with van der Waals surface area (Å²) in [5.74, 6) is -1.92. The average Bonchev–Trinajstić information content (AvgIpc) is 2.36. The number of hydrogen-bond acceptors (Lipinski definition) is 5. The van der Waals surface area contributed by atoms with Crippen molar-refractivity contribution >= 4 is 23.8 Å². The quantitative estimate of drug-likeness (QED) is 0.578. The number of esters is 1. The van der Waals surface area contributed by atoms with Gasteiger partial charge in [0.05, 0.1) is 6.61 Å². The summed E-state index contributed by atoms with van der Waals surface area (Å²) in [5.41, 5.74) is -1.28. The average molecular weight is 270 g/mol. The minimum Gasteiger partial charge on any atom is -0.465 e. The minimum absolute atomic E-state index is 0.161. The van der Waals surface area contributed by atoms with Gasteiger partial charge in [-0.25, -0.2) is 4.79 Å². The molecule has 106 valence electrons. The zero-order valence-corrected chi connectivity index (χ0v) is 11.3. The molecule has 0 spiro atoms. The number of carbonyl (C=O) groups is 4. The van der Waals surface area contributed by atoms with Crippen LogP contribution in [0.5, 0.6) is 0 Å². The Morgan fingerprint density at radius 1 is 1.21 bits per heavy atom. The van der Waals surface area contributed by atoms with Gasteiger partial charge in [0, 0.05) is 0 Å². The second kappa shape index (κ2) is 5.81. The Kier molecular flexibility index (Phi) is 4.63. The fourth-order valence-electron chi connectivity index (χ4n) is 2.08. The van der Waals surface area contributed by atoms with E-state index in [1.165, 1.54) is 0 Å². The molecular weight excluding hydrogens is 252 g/mol. The summed E-state index contributed by atoms with van der Waals surface area (Å²) in [6, 6.07) is -0.874. The molecule has 7 heteroatoms. The third kappa shape index (κ3) is 2.59. The summed E-state index contributed by atoms with van der Waals surface area (Å²) >= 11 is 0. The lowest BCUT2D eigenvalue weighted by Gasteiger charge is -2.37.